The van der Waals surface area contributed by atoms with Crippen LogP contribution in [0.4, 0.5) is 0 Å². The highest BCUT2D eigenvalue weighted by molar-refractivity contribution is 7.15. The van der Waals surface area contributed by atoms with Crippen molar-refractivity contribution in [2.45, 2.75) is 36.9 Å². The van der Waals surface area contributed by atoms with Crippen molar-refractivity contribution in [3.05, 3.63) is 88.8 Å². The lowest BCUT2D eigenvalue weighted by atomic mass is 9.87. The first-order valence-electron chi connectivity index (χ1n) is 11.5. The number of benzene rings is 3. The Balaban J connectivity index is 1.58. The van der Waals surface area contributed by atoms with E-state index in [1.165, 1.54) is 4.88 Å². The van der Waals surface area contributed by atoms with Crippen LogP contribution in [-0.4, -0.2) is 58.6 Å². The van der Waals surface area contributed by atoms with Gasteiger partial charge >= 0.3 is 0 Å². The van der Waals surface area contributed by atoms with Crippen LogP contribution in [0.15, 0.2) is 72.8 Å². The van der Waals surface area contributed by atoms with Crippen molar-refractivity contribution in [3.63, 3.8) is 0 Å². The molecule has 0 radical (unpaired) electrons. The van der Waals surface area contributed by atoms with Gasteiger partial charge in [0.05, 0.1) is 13.7 Å². The third kappa shape index (κ3) is 4.47. The first-order chi connectivity index (χ1) is 17.0. The van der Waals surface area contributed by atoms with Crippen LogP contribution in [0.1, 0.15) is 22.1 Å². The molecule has 1 aromatic heterocycles. The minimum atomic E-state index is -1.44. The van der Waals surface area contributed by atoms with Gasteiger partial charge in [-0.05, 0) is 34.7 Å². The lowest BCUT2D eigenvalue weighted by molar-refractivity contribution is -0.231. The van der Waals surface area contributed by atoms with Crippen LogP contribution in [0.2, 0.25) is 0 Å². The van der Waals surface area contributed by atoms with E-state index in [2.05, 4.69) is 24.3 Å². The van der Waals surface area contributed by atoms with E-state index in [4.69, 9.17) is 9.47 Å². The molecule has 2 heterocycles. The number of hydrogen-bond donors (Lipinski definition) is 4. The topological polar surface area (TPSA) is 99.4 Å². The Hall–Kier alpha value is -2.78. The van der Waals surface area contributed by atoms with Gasteiger partial charge in [-0.1, -0.05) is 54.6 Å². The zero-order chi connectivity index (χ0) is 24.5. The van der Waals surface area contributed by atoms with Gasteiger partial charge < -0.3 is 29.9 Å². The maximum absolute atomic E-state index is 10.8. The van der Waals surface area contributed by atoms with Gasteiger partial charge in [-0.15, -0.1) is 11.3 Å². The van der Waals surface area contributed by atoms with Crippen molar-refractivity contribution < 1.29 is 29.9 Å². The third-order valence-corrected chi connectivity index (χ3v) is 7.73. The van der Waals surface area contributed by atoms with Crippen molar-refractivity contribution >= 4 is 22.1 Å². The van der Waals surface area contributed by atoms with Crippen LogP contribution in [-0.2, 0) is 11.2 Å². The SMILES string of the molecule is COc1c(Cc2ccc(-c3ccccc3)s2)cc([C@@H]2O[C@H](CO)[C@@H](O)[C@H](O)[C@H]2O)c2ccccc12. The summed E-state index contributed by atoms with van der Waals surface area (Å²) < 4.78 is 11.8. The zero-order valence-electron chi connectivity index (χ0n) is 19.2. The maximum Gasteiger partial charge on any atom is 0.130 e. The predicted molar refractivity (Wildman–Crippen MR) is 136 cm³/mol. The Morgan fingerprint density at radius 2 is 1.57 bits per heavy atom. The molecule has 1 aliphatic heterocycles. The van der Waals surface area contributed by atoms with E-state index in [9.17, 15) is 20.4 Å². The van der Waals surface area contributed by atoms with E-state index in [-0.39, 0.29) is 0 Å². The predicted octanol–water partition coefficient (Wildman–Crippen LogP) is 3.68. The van der Waals surface area contributed by atoms with Crippen LogP contribution in [0.3, 0.4) is 0 Å². The molecule has 1 fully saturated rings. The lowest BCUT2D eigenvalue weighted by Gasteiger charge is -2.40. The molecule has 4 aromatic rings. The average molecular weight is 493 g/mol. The maximum atomic E-state index is 10.8. The monoisotopic (exact) mass is 492 g/mol. The van der Waals surface area contributed by atoms with Crippen molar-refractivity contribution in [2.24, 2.45) is 0 Å². The van der Waals surface area contributed by atoms with Gasteiger partial charge in [0.25, 0.3) is 0 Å². The van der Waals surface area contributed by atoms with E-state index < -0.39 is 37.1 Å². The molecule has 35 heavy (non-hydrogen) atoms. The number of thiophene rings is 1. The number of aliphatic hydroxyl groups excluding tert-OH is 4. The third-order valence-electron chi connectivity index (χ3n) is 6.59. The summed E-state index contributed by atoms with van der Waals surface area (Å²) in [5, 5.41) is 42.8. The molecule has 0 aliphatic carbocycles. The highest BCUT2D eigenvalue weighted by atomic mass is 32.1. The van der Waals surface area contributed by atoms with Gasteiger partial charge in [-0.25, -0.2) is 0 Å². The highest BCUT2D eigenvalue weighted by Crippen LogP contribution is 2.42. The van der Waals surface area contributed by atoms with E-state index in [0.717, 1.165) is 32.5 Å². The molecule has 0 spiro atoms. The van der Waals surface area contributed by atoms with E-state index in [1.54, 1.807) is 18.4 Å². The summed E-state index contributed by atoms with van der Waals surface area (Å²) >= 11 is 1.71. The Bertz CT molecular complexity index is 1300. The van der Waals surface area contributed by atoms with E-state index in [1.807, 2.05) is 48.5 Å². The standard InChI is InChI=1S/C28H28O6S/c1-33-27-17(13-18-11-12-23(35-18)16-7-3-2-4-8-16)14-21(19-9-5-6-10-20(19)27)28-26(32)25(31)24(30)22(15-29)34-28/h2-12,14,22,24-26,28-32H,13,15H2,1H3/t22-,24-,25+,26-,28+/m1/s1. The van der Waals surface area contributed by atoms with Gasteiger partial charge in [0.15, 0.2) is 0 Å². The summed E-state index contributed by atoms with van der Waals surface area (Å²) in [7, 11) is 1.64. The molecule has 1 saturated heterocycles. The molecule has 0 saturated carbocycles. The Morgan fingerprint density at radius 3 is 2.29 bits per heavy atom. The van der Waals surface area contributed by atoms with Crippen LogP contribution >= 0.6 is 11.3 Å². The minimum Gasteiger partial charge on any atom is -0.496 e. The van der Waals surface area contributed by atoms with Crippen LogP contribution in [0, 0.1) is 0 Å². The van der Waals surface area contributed by atoms with Crippen molar-refractivity contribution in [1.82, 2.24) is 0 Å². The van der Waals surface area contributed by atoms with E-state index in [0.29, 0.717) is 12.0 Å². The molecule has 182 valence electrons. The molecule has 7 heteroatoms. The Morgan fingerprint density at radius 1 is 0.857 bits per heavy atom. The largest absolute Gasteiger partial charge is 0.496 e. The number of methoxy groups -OCH3 is 1. The number of aliphatic hydroxyl groups is 4. The molecule has 0 amide bonds. The number of hydrogen-bond acceptors (Lipinski definition) is 7. The fraction of sp³-hybridized carbons (Fsp3) is 0.286. The second-order valence-corrected chi connectivity index (χ2v) is 9.93. The molecular formula is C28H28O6S. The van der Waals surface area contributed by atoms with Crippen molar-refractivity contribution in [2.75, 3.05) is 13.7 Å². The van der Waals surface area contributed by atoms with Gasteiger partial charge in [0.1, 0.15) is 36.3 Å². The number of ether oxygens (including phenoxy) is 2. The molecule has 6 nitrogen and oxygen atoms in total. The molecule has 5 atom stereocenters. The van der Waals surface area contributed by atoms with Crippen LogP contribution in [0.25, 0.3) is 21.2 Å². The quantitative estimate of drug-likeness (QED) is 0.328. The summed E-state index contributed by atoms with van der Waals surface area (Å²) in [4.78, 5) is 2.33. The summed E-state index contributed by atoms with van der Waals surface area (Å²) in [6, 6.07) is 24.1. The van der Waals surface area contributed by atoms with E-state index >= 15 is 0 Å². The fourth-order valence-corrected chi connectivity index (χ4v) is 5.86. The second-order valence-electron chi connectivity index (χ2n) is 8.76. The van der Waals surface area contributed by atoms with Crippen LogP contribution < -0.4 is 4.74 Å². The zero-order valence-corrected chi connectivity index (χ0v) is 20.1. The normalized spacial score (nSPS) is 24.5. The first-order valence-corrected chi connectivity index (χ1v) is 12.4. The van der Waals surface area contributed by atoms with Gasteiger partial charge in [0.2, 0.25) is 0 Å². The number of rotatable bonds is 6. The summed E-state index contributed by atoms with van der Waals surface area (Å²) in [6.07, 6.45) is -5.50. The van der Waals surface area contributed by atoms with Crippen molar-refractivity contribution in [3.8, 4) is 16.2 Å². The Kier molecular flexibility index (Phi) is 6.88. The molecular weight excluding hydrogens is 464 g/mol. The van der Waals surface area contributed by atoms with Crippen LogP contribution in [0.5, 0.6) is 5.75 Å². The molecule has 5 rings (SSSR count). The average Bonchev–Trinajstić information content (AvgIpc) is 3.36. The molecule has 3 aromatic carbocycles. The lowest BCUT2D eigenvalue weighted by Crippen LogP contribution is -2.55. The summed E-state index contributed by atoms with van der Waals surface area (Å²) in [5.74, 6) is 0.739. The smallest absolute Gasteiger partial charge is 0.130 e. The minimum absolute atomic E-state index is 0.472. The fourth-order valence-electron chi connectivity index (χ4n) is 4.82. The second kappa shape index (κ2) is 10.1. The summed E-state index contributed by atoms with van der Waals surface area (Å²) in [6.45, 7) is -0.472. The van der Waals surface area contributed by atoms with Crippen molar-refractivity contribution in [1.29, 1.82) is 0 Å². The molecule has 0 bridgehead atoms. The van der Waals surface area contributed by atoms with Gasteiger partial charge in [-0.3, -0.25) is 0 Å². The molecule has 0 unspecified atom stereocenters. The molecule has 4 N–H and O–H groups in total. The van der Waals surface area contributed by atoms with Gasteiger partial charge in [0, 0.05) is 27.1 Å². The Labute approximate surface area is 207 Å². The first kappa shape index (κ1) is 23.9. The number of fused-ring (bicyclic) bond motifs is 1. The summed E-state index contributed by atoms with van der Waals surface area (Å²) in [5.41, 5.74) is 2.75. The highest BCUT2D eigenvalue weighted by Gasteiger charge is 2.44. The molecule has 1 aliphatic rings. The van der Waals surface area contributed by atoms with Gasteiger partial charge in [-0.2, -0.15) is 0 Å².